The quantitative estimate of drug-likeness (QED) is 0.678. The van der Waals surface area contributed by atoms with E-state index in [2.05, 4.69) is 51.3 Å². The van der Waals surface area contributed by atoms with E-state index < -0.39 is 0 Å². The standard InChI is InChI=1S/C11H22.C10H22N2/c1-9(2)8-11-6-4-10(3)5-7-11;1-4-5-11-6-8-12(9-7-11)10(2)3/h9-11H,4-8H2,1-3H3;10H,4-9H2,1-3H3. The Kier molecular flexibility index (Phi) is 10.5. The zero-order valence-corrected chi connectivity index (χ0v) is 17.0. The van der Waals surface area contributed by atoms with Crippen LogP contribution >= 0.6 is 0 Å². The molecule has 1 saturated carbocycles. The Morgan fingerprint density at radius 2 is 1.43 bits per heavy atom. The van der Waals surface area contributed by atoms with Crippen LogP contribution in [0, 0.1) is 17.8 Å². The second-order valence-corrected chi connectivity index (χ2v) is 8.73. The van der Waals surface area contributed by atoms with E-state index in [9.17, 15) is 0 Å². The third-order valence-electron chi connectivity index (χ3n) is 5.62. The highest BCUT2D eigenvalue weighted by atomic mass is 15.3. The van der Waals surface area contributed by atoms with Crippen LogP contribution in [0.5, 0.6) is 0 Å². The fourth-order valence-electron chi connectivity index (χ4n) is 4.05. The van der Waals surface area contributed by atoms with Gasteiger partial charge in [-0.05, 0) is 51.0 Å². The smallest absolute Gasteiger partial charge is 0.0113 e. The highest BCUT2D eigenvalue weighted by molar-refractivity contribution is 4.73. The van der Waals surface area contributed by atoms with Crippen molar-refractivity contribution in [3.63, 3.8) is 0 Å². The molecule has 23 heavy (non-hydrogen) atoms. The molecule has 0 aromatic heterocycles. The van der Waals surface area contributed by atoms with Crippen LogP contribution in [0.1, 0.15) is 80.1 Å². The number of hydrogen-bond donors (Lipinski definition) is 0. The van der Waals surface area contributed by atoms with E-state index in [1.165, 1.54) is 71.2 Å². The molecule has 2 fully saturated rings. The van der Waals surface area contributed by atoms with Gasteiger partial charge in [-0.3, -0.25) is 4.90 Å². The first-order chi connectivity index (χ1) is 10.9. The zero-order chi connectivity index (χ0) is 17.2. The van der Waals surface area contributed by atoms with Crippen molar-refractivity contribution >= 4 is 0 Å². The van der Waals surface area contributed by atoms with Crippen molar-refractivity contribution in [2.75, 3.05) is 32.7 Å². The van der Waals surface area contributed by atoms with Gasteiger partial charge >= 0.3 is 0 Å². The fraction of sp³-hybridized carbons (Fsp3) is 1.00. The summed E-state index contributed by atoms with van der Waals surface area (Å²) in [4.78, 5) is 5.13. The maximum absolute atomic E-state index is 2.57. The summed E-state index contributed by atoms with van der Waals surface area (Å²) in [6, 6.07) is 0.730. The van der Waals surface area contributed by atoms with Gasteiger partial charge in [0.1, 0.15) is 0 Å². The third-order valence-corrected chi connectivity index (χ3v) is 5.62. The van der Waals surface area contributed by atoms with Crippen LogP contribution in [-0.2, 0) is 0 Å². The van der Waals surface area contributed by atoms with Crippen LogP contribution in [0.3, 0.4) is 0 Å². The Hall–Kier alpha value is -0.0800. The minimum absolute atomic E-state index is 0.730. The maximum Gasteiger partial charge on any atom is 0.0113 e. The number of nitrogens with zero attached hydrogens (tertiary/aromatic N) is 2. The van der Waals surface area contributed by atoms with Gasteiger partial charge in [-0.25, -0.2) is 0 Å². The van der Waals surface area contributed by atoms with Gasteiger partial charge in [0, 0.05) is 32.2 Å². The summed E-state index contributed by atoms with van der Waals surface area (Å²) >= 11 is 0. The van der Waals surface area contributed by atoms with Crippen LogP contribution in [0.15, 0.2) is 0 Å². The lowest BCUT2D eigenvalue weighted by Crippen LogP contribution is -2.48. The topological polar surface area (TPSA) is 6.48 Å². The SMILES string of the molecule is CC(C)CC1CCC(C)CC1.CCCN1CCN(C(C)C)CC1. The second-order valence-electron chi connectivity index (χ2n) is 8.73. The summed E-state index contributed by atoms with van der Waals surface area (Å²) in [7, 11) is 0. The molecular weight excluding hydrogens is 280 g/mol. The summed E-state index contributed by atoms with van der Waals surface area (Å²) < 4.78 is 0. The molecule has 0 bridgehead atoms. The average molecular weight is 325 g/mol. The molecule has 0 radical (unpaired) electrons. The predicted octanol–water partition coefficient (Wildman–Crippen LogP) is 5.28. The third kappa shape index (κ3) is 9.10. The largest absolute Gasteiger partial charge is 0.301 e. The van der Waals surface area contributed by atoms with Crippen molar-refractivity contribution in [2.45, 2.75) is 86.1 Å². The average Bonchev–Trinajstić information content (AvgIpc) is 2.51. The van der Waals surface area contributed by atoms with Crippen molar-refractivity contribution in [2.24, 2.45) is 17.8 Å². The molecule has 0 N–H and O–H groups in total. The maximum atomic E-state index is 2.57. The van der Waals surface area contributed by atoms with E-state index in [0.29, 0.717) is 0 Å². The molecule has 2 rings (SSSR count). The van der Waals surface area contributed by atoms with Gasteiger partial charge in [0.15, 0.2) is 0 Å². The van der Waals surface area contributed by atoms with E-state index in [1.807, 2.05) is 0 Å². The Labute approximate surface area is 147 Å². The van der Waals surface area contributed by atoms with Gasteiger partial charge in [-0.15, -0.1) is 0 Å². The first-order valence-electron chi connectivity index (χ1n) is 10.4. The first kappa shape index (κ1) is 21.0. The number of hydrogen-bond acceptors (Lipinski definition) is 2. The van der Waals surface area contributed by atoms with E-state index >= 15 is 0 Å². The van der Waals surface area contributed by atoms with E-state index in [4.69, 9.17) is 0 Å². The molecule has 0 atom stereocenters. The monoisotopic (exact) mass is 324 g/mol. The number of piperazine rings is 1. The van der Waals surface area contributed by atoms with Crippen molar-refractivity contribution in [1.29, 1.82) is 0 Å². The number of rotatable bonds is 5. The van der Waals surface area contributed by atoms with E-state index in [1.54, 1.807) is 0 Å². The molecule has 2 heteroatoms. The molecule has 0 aromatic carbocycles. The van der Waals surface area contributed by atoms with Crippen LogP contribution in [0.4, 0.5) is 0 Å². The molecule has 0 amide bonds. The van der Waals surface area contributed by atoms with Gasteiger partial charge in [-0.1, -0.05) is 53.4 Å². The molecule has 2 nitrogen and oxygen atoms in total. The van der Waals surface area contributed by atoms with Gasteiger partial charge in [0.2, 0.25) is 0 Å². The van der Waals surface area contributed by atoms with Gasteiger partial charge in [-0.2, -0.15) is 0 Å². The lowest BCUT2D eigenvalue weighted by molar-refractivity contribution is 0.109. The fourth-order valence-corrected chi connectivity index (χ4v) is 4.05. The minimum atomic E-state index is 0.730. The van der Waals surface area contributed by atoms with E-state index in [-0.39, 0.29) is 0 Å². The van der Waals surface area contributed by atoms with Crippen LogP contribution in [0.2, 0.25) is 0 Å². The Bertz CT molecular complexity index is 272. The second kappa shape index (κ2) is 11.5. The van der Waals surface area contributed by atoms with Crippen molar-refractivity contribution < 1.29 is 0 Å². The molecular formula is C21H44N2. The normalized spacial score (nSPS) is 27.1. The molecule has 0 aromatic rings. The zero-order valence-electron chi connectivity index (χ0n) is 17.0. The summed E-state index contributed by atoms with van der Waals surface area (Å²) in [5.74, 6) is 2.98. The molecule has 2 aliphatic rings. The highest BCUT2D eigenvalue weighted by Crippen LogP contribution is 2.31. The van der Waals surface area contributed by atoms with E-state index in [0.717, 1.165) is 23.8 Å². The lowest BCUT2D eigenvalue weighted by Gasteiger charge is -2.36. The van der Waals surface area contributed by atoms with Crippen LogP contribution in [0.25, 0.3) is 0 Å². The molecule has 0 unspecified atom stereocenters. The first-order valence-corrected chi connectivity index (χ1v) is 10.4. The summed E-state index contributed by atoms with van der Waals surface area (Å²) in [6.07, 6.45) is 8.72. The summed E-state index contributed by atoms with van der Waals surface area (Å²) in [5, 5.41) is 0. The molecule has 1 aliphatic heterocycles. The molecule has 1 saturated heterocycles. The highest BCUT2D eigenvalue weighted by Gasteiger charge is 2.18. The van der Waals surface area contributed by atoms with Crippen molar-refractivity contribution in [1.82, 2.24) is 9.80 Å². The Balaban J connectivity index is 0.000000231. The lowest BCUT2D eigenvalue weighted by atomic mass is 9.79. The Morgan fingerprint density at radius 3 is 1.87 bits per heavy atom. The molecule has 0 spiro atoms. The van der Waals surface area contributed by atoms with Gasteiger partial charge in [0.25, 0.3) is 0 Å². The van der Waals surface area contributed by atoms with Crippen LogP contribution < -0.4 is 0 Å². The molecule has 138 valence electrons. The minimum Gasteiger partial charge on any atom is -0.301 e. The van der Waals surface area contributed by atoms with Crippen LogP contribution in [-0.4, -0.2) is 48.6 Å². The van der Waals surface area contributed by atoms with Gasteiger partial charge in [0.05, 0.1) is 0 Å². The Morgan fingerprint density at radius 1 is 0.870 bits per heavy atom. The molecule has 1 aliphatic carbocycles. The summed E-state index contributed by atoms with van der Waals surface area (Å²) in [6.45, 7) is 20.3. The van der Waals surface area contributed by atoms with Crippen molar-refractivity contribution in [3.05, 3.63) is 0 Å². The summed E-state index contributed by atoms with van der Waals surface area (Å²) in [5.41, 5.74) is 0. The van der Waals surface area contributed by atoms with Crippen molar-refractivity contribution in [3.8, 4) is 0 Å². The molecule has 1 heterocycles. The van der Waals surface area contributed by atoms with Gasteiger partial charge < -0.3 is 4.90 Å². The predicted molar refractivity (Wildman–Crippen MR) is 104 cm³/mol.